The van der Waals surface area contributed by atoms with Crippen LogP contribution in [0.2, 0.25) is 0 Å². The first-order valence-electron chi connectivity index (χ1n) is 11.0. The quantitative estimate of drug-likeness (QED) is 0.294. The van der Waals surface area contributed by atoms with Gasteiger partial charge in [0, 0.05) is 27.6 Å². The van der Waals surface area contributed by atoms with Crippen LogP contribution in [-0.4, -0.2) is 53.4 Å². The molecular weight excluding hydrogens is 438 g/mol. The van der Waals surface area contributed by atoms with Crippen molar-refractivity contribution in [3.63, 3.8) is 0 Å². The molecule has 2 amide bonds. The Morgan fingerprint density at radius 3 is 2.47 bits per heavy atom. The number of ether oxygens (including phenoxy) is 2. The standard InChI is InChI=1S/C25H33N3O6/c1-7-14-34-24(32)26-15(4)22(30)28-19(23(31)33-9-3)20(29)18-16-12-10-11-13-17(16)27-21(18)25(5,6)8-2/h7-8,10-13,15,19-20,27,29H,1-2,9,14H2,3-6H3,(H,26,32)(H,28,30)/t15-,19?,20?/m0/s1. The molecule has 0 bridgehead atoms. The first-order valence-corrected chi connectivity index (χ1v) is 11.0. The van der Waals surface area contributed by atoms with Crippen molar-refractivity contribution < 1.29 is 29.0 Å². The molecule has 0 radical (unpaired) electrons. The minimum Gasteiger partial charge on any atom is -0.464 e. The summed E-state index contributed by atoms with van der Waals surface area (Å²) in [5.74, 6) is -1.51. The van der Waals surface area contributed by atoms with Gasteiger partial charge in [-0.3, -0.25) is 4.79 Å². The van der Waals surface area contributed by atoms with Crippen LogP contribution in [0.3, 0.4) is 0 Å². The lowest BCUT2D eigenvalue weighted by molar-refractivity contribution is -0.151. The normalized spacial score (nSPS) is 13.9. The number of aromatic amines is 1. The van der Waals surface area contributed by atoms with Crippen molar-refractivity contribution in [2.24, 2.45) is 0 Å². The van der Waals surface area contributed by atoms with Crippen LogP contribution in [0.5, 0.6) is 0 Å². The van der Waals surface area contributed by atoms with Crippen molar-refractivity contribution in [3.05, 3.63) is 60.8 Å². The fraction of sp³-hybridized carbons (Fsp3) is 0.400. The number of hydrogen-bond donors (Lipinski definition) is 4. The number of nitrogens with one attached hydrogen (secondary N) is 3. The number of allylic oxidation sites excluding steroid dienone is 1. The molecule has 2 rings (SSSR count). The maximum Gasteiger partial charge on any atom is 0.408 e. The van der Waals surface area contributed by atoms with E-state index in [4.69, 9.17) is 9.47 Å². The lowest BCUT2D eigenvalue weighted by Crippen LogP contribution is -2.53. The van der Waals surface area contributed by atoms with Gasteiger partial charge in [0.05, 0.1) is 6.61 Å². The fourth-order valence-electron chi connectivity index (χ4n) is 3.44. The summed E-state index contributed by atoms with van der Waals surface area (Å²) >= 11 is 0. The number of carbonyl (C=O) groups is 3. The number of aliphatic hydroxyl groups excluding tert-OH is 1. The number of fused-ring (bicyclic) bond motifs is 1. The van der Waals surface area contributed by atoms with Gasteiger partial charge >= 0.3 is 12.1 Å². The summed E-state index contributed by atoms with van der Waals surface area (Å²) in [6.07, 6.45) is 0.851. The number of aliphatic hydroxyl groups is 1. The molecule has 1 aromatic carbocycles. The van der Waals surface area contributed by atoms with E-state index < -0.39 is 41.6 Å². The summed E-state index contributed by atoms with van der Waals surface area (Å²) in [6.45, 7) is 14.3. The highest BCUT2D eigenvalue weighted by molar-refractivity contribution is 5.91. The van der Waals surface area contributed by atoms with Crippen LogP contribution in [0.1, 0.15) is 45.1 Å². The van der Waals surface area contributed by atoms with Gasteiger partial charge in [-0.1, -0.05) is 50.8 Å². The molecule has 0 aliphatic heterocycles. The number of rotatable bonds is 11. The maximum atomic E-state index is 12.8. The third-order valence-electron chi connectivity index (χ3n) is 5.41. The number of hydrogen-bond acceptors (Lipinski definition) is 6. The second-order valence-electron chi connectivity index (χ2n) is 8.32. The Morgan fingerprint density at radius 2 is 1.85 bits per heavy atom. The van der Waals surface area contributed by atoms with Gasteiger partial charge in [-0.15, -0.1) is 6.58 Å². The van der Waals surface area contributed by atoms with E-state index in [1.54, 1.807) is 13.0 Å². The number of alkyl carbamates (subject to hydrolysis) is 1. The Bertz CT molecular complexity index is 1060. The summed E-state index contributed by atoms with van der Waals surface area (Å²) in [6, 6.07) is 4.86. The largest absolute Gasteiger partial charge is 0.464 e. The smallest absolute Gasteiger partial charge is 0.408 e. The van der Waals surface area contributed by atoms with Crippen LogP contribution in [0, 0.1) is 0 Å². The van der Waals surface area contributed by atoms with Gasteiger partial charge in [-0.25, -0.2) is 9.59 Å². The van der Waals surface area contributed by atoms with Crippen molar-refractivity contribution in [1.29, 1.82) is 0 Å². The number of amides is 2. The van der Waals surface area contributed by atoms with E-state index in [2.05, 4.69) is 28.8 Å². The zero-order chi connectivity index (χ0) is 25.5. The van der Waals surface area contributed by atoms with Gasteiger partial charge in [0.2, 0.25) is 5.91 Å². The van der Waals surface area contributed by atoms with E-state index in [1.165, 1.54) is 13.0 Å². The van der Waals surface area contributed by atoms with Gasteiger partial charge < -0.3 is 30.2 Å². The third-order valence-corrected chi connectivity index (χ3v) is 5.41. The molecule has 3 atom stereocenters. The molecule has 2 unspecified atom stereocenters. The van der Waals surface area contributed by atoms with E-state index in [0.717, 1.165) is 5.52 Å². The summed E-state index contributed by atoms with van der Waals surface area (Å²) in [4.78, 5) is 40.7. The second-order valence-corrected chi connectivity index (χ2v) is 8.32. The number of carbonyl (C=O) groups excluding carboxylic acids is 3. The van der Waals surface area contributed by atoms with Crippen molar-refractivity contribution in [2.75, 3.05) is 13.2 Å². The number of esters is 1. The second kappa shape index (κ2) is 11.5. The molecule has 184 valence electrons. The van der Waals surface area contributed by atoms with E-state index in [1.807, 2.05) is 38.1 Å². The summed E-state index contributed by atoms with van der Waals surface area (Å²) < 4.78 is 9.96. The predicted octanol–water partition coefficient (Wildman–Crippen LogP) is 3.01. The van der Waals surface area contributed by atoms with Crippen molar-refractivity contribution >= 4 is 28.9 Å². The minimum absolute atomic E-state index is 0.0211. The molecule has 9 heteroatoms. The predicted molar refractivity (Wildman–Crippen MR) is 129 cm³/mol. The molecule has 9 nitrogen and oxygen atoms in total. The molecule has 0 aliphatic carbocycles. The fourth-order valence-corrected chi connectivity index (χ4v) is 3.44. The third kappa shape index (κ3) is 6.05. The topological polar surface area (TPSA) is 130 Å². The average molecular weight is 472 g/mol. The summed E-state index contributed by atoms with van der Waals surface area (Å²) in [7, 11) is 0. The van der Waals surface area contributed by atoms with Crippen LogP contribution in [0.15, 0.2) is 49.6 Å². The van der Waals surface area contributed by atoms with Gasteiger partial charge in [0.25, 0.3) is 0 Å². The van der Waals surface area contributed by atoms with Gasteiger partial charge in [-0.05, 0) is 19.9 Å². The molecule has 34 heavy (non-hydrogen) atoms. The number of para-hydroxylation sites is 1. The first kappa shape index (κ1) is 26.7. The number of benzene rings is 1. The van der Waals surface area contributed by atoms with Crippen LogP contribution in [0.4, 0.5) is 4.79 Å². The Hall–Kier alpha value is -3.59. The lowest BCUT2D eigenvalue weighted by atomic mass is 9.84. The van der Waals surface area contributed by atoms with E-state index in [9.17, 15) is 19.5 Å². The number of H-pyrrole nitrogens is 1. The first-order chi connectivity index (χ1) is 16.1. The Morgan fingerprint density at radius 1 is 1.18 bits per heavy atom. The van der Waals surface area contributed by atoms with Crippen LogP contribution < -0.4 is 10.6 Å². The summed E-state index contributed by atoms with van der Waals surface area (Å²) in [5.41, 5.74) is 1.28. The molecule has 1 aromatic heterocycles. The van der Waals surface area contributed by atoms with Crippen molar-refractivity contribution in [1.82, 2.24) is 15.6 Å². The van der Waals surface area contributed by atoms with Crippen molar-refractivity contribution in [3.8, 4) is 0 Å². The minimum atomic E-state index is -1.45. The number of aromatic nitrogens is 1. The van der Waals surface area contributed by atoms with E-state index in [0.29, 0.717) is 16.6 Å². The van der Waals surface area contributed by atoms with Crippen LogP contribution >= 0.6 is 0 Å². The SMILES string of the molecule is C=CCOC(=O)N[C@@H](C)C(=O)NC(C(=O)OCC)C(O)c1c(C(C)(C)C=C)[nH]c2ccccc12. The monoisotopic (exact) mass is 471 g/mol. The average Bonchev–Trinajstić information content (AvgIpc) is 3.21. The zero-order valence-corrected chi connectivity index (χ0v) is 20.0. The highest BCUT2D eigenvalue weighted by Gasteiger charge is 2.37. The molecule has 0 fully saturated rings. The maximum absolute atomic E-state index is 12.8. The Balaban J connectivity index is 2.43. The zero-order valence-electron chi connectivity index (χ0n) is 20.0. The molecule has 4 N–H and O–H groups in total. The van der Waals surface area contributed by atoms with Crippen LogP contribution in [-0.2, 0) is 24.5 Å². The highest BCUT2D eigenvalue weighted by atomic mass is 16.5. The van der Waals surface area contributed by atoms with E-state index >= 15 is 0 Å². The lowest BCUT2D eigenvalue weighted by Gasteiger charge is -2.28. The molecule has 1 heterocycles. The molecule has 0 spiro atoms. The van der Waals surface area contributed by atoms with Gasteiger partial charge in [-0.2, -0.15) is 0 Å². The molecule has 0 aliphatic rings. The van der Waals surface area contributed by atoms with Gasteiger partial charge in [0.1, 0.15) is 18.8 Å². The van der Waals surface area contributed by atoms with E-state index in [-0.39, 0.29) is 13.2 Å². The molecule has 0 saturated heterocycles. The van der Waals surface area contributed by atoms with Crippen LogP contribution in [0.25, 0.3) is 10.9 Å². The molecule has 0 saturated carbocycles. The highest BCUT2D eigenvalue weighted by Crippen LogP contribution is 2.37. The summed E-state index contributed by atoms with van der Waals surface area (Å²) in [5, 5.41) is 17.0. The van der Waals surface area contributed by atoms with Gasteiger partial charge in [0.15, 0.2) is 6.04 Å². The Kier molecular flexibility index (Phi) is 9.03. The molecule has 2 aromatic rings. The molecular formula is C25H33N3O6. The van der Waals surface area contributed by atoms with Crippen molar-refractivity contribution in [2.45, 2.75) is 51.3 Å². The Labute approximate surface area is 199 Å².